The van der Waals surface area contributed by atoms with Gasteiger partial charge in [-0.2, -0.15) is 8.78 Å². The molecule has 1 unspecified atom stereocenters. The van der Waals surface area contributed by atoms with Crippen molar-refractivity contribution in [1.82, 2.24) is 4.90 Å². The zero-order chi connectivity index (χ0) is 22.7. The largest absolute Gasteiger partial charge is 0.324 e. The van der Waals surface area contributed by atoms with E-state index in [1.807, 2.05) is 30.3 Å². The van der Waals surface area contributed by atoms with Crippen LogP contribution in [0.5, 0.6) is 0 Å². The Labute approximate surface area is 187 Å². The van der Waals surface area contributed by atoms with Crippen LogP contribution in [-0.2, 0) is 11.2 Å². The van der Waals surface area contributed by atoms with Crippen LogP contribution in [0.3, 0.4) is 0 Å². The number of carbonyl (C=O) groups excluding carboxylic acids is 3. The average Bonchev–Trinajstić information content (AvgIpc) is 3.04. The number of fused-ring (bicyclic) bond motifs is 1. The molecule has 32 heavy (non-hydrogen) atoms. The van der Waals surface area contributed by atoms with Gasteiger partial charge < -0.3 is 5.32 Å². The Morgan fingerprint density at radius 1 is 0.844 bits per heavy atom. The molecule has 0 aliphatic carbocycles. The maximum Gasteiger partial charge on any atom is 0.288 e. The van der Waals surface area contributed by atoms with Gasteiger partial charge in [-0.1, -0.05) is 54.2 Å². The number of benzene rings is 3. The molecule has 162 valence electrons. The van der Waals surface area contributed by atoms with Crippen LogP contribution >= 0.6 is 11.8 Å². The Kier molecular flexibility index (Phi) is 6.32. The predicted molar refractivity (Wildman–Crippen MR) is 118 cm³/mol. The molecule has 0 radical (unpaired) electrons. The molecule has 0 aromatic heterocycles. The molecule has 1 heterocycles. The number of alkyl halides is 2. The van der Waals surface area contributed by atoms with Crippen molar-refractivity contribution in [3.05, 3.63) is 95.6 Å². The fourth-order valence-electron chi connectivity index (χ4n) is 3.57. The lowest BCUT2D eigenvalue weighted by molar-refractivity contribution is -0.119. The SMILES string of the molecule is O=C(Nc1ccc(SC(F)F)cc1)C(Cc1ccccc1)N1C(=O)c2ccccc2C1=O. The van der Waals surface area contributed by atoms with E-state index in [2.05, 4.69) is 5.32 Å². The highest BCUT2D eigenvalue weighted by atomic mass is 32.2. The van der Waals surface area contributed by atoms with Crippen LogP contribution in [0.4, 0.5) is 14.5 Å². The fourth-order valence-corrected chi connectivity index (χ4v) is 4.07. The second-order valence-electron chi connectivity index (χ2n) is 7.12. The monoisotopic (exact) mass is 452 g/mol. The molecule has 5 nitrogen and oxygen atoms in total. The highest BCUT2D eigenvalue weighted by Crippen LogP contribution is 2.28. The third-order valence-corrected chi connectivity index (χ3v) is 5.78. The molecule has 1 aliphatic heterocycles. The molecule has 0 fully saturated rings. The maximum atomic E-state index is 13.2. The summed E-state index contributed by atoms with van der Waals surface area (Å²) in [6.45, 7) is 0. The quantitative estimate of drug-likeness (QED) is 0.411. The first kappa shape index (κ1) is 21.7. The number of thioether (sulfide) groups is 1. The Morgan fingerprint density at radius 3 is 1.97 bits per heavy atom. The van der Waals surface area contributed by atoms with Crippen molar-refractivity contribution in [2.75, 3.05) is 5.32 Å². The number of anilines is 1. The van der Waals surface area contributed by atoms with Gasteiger partial charge in [0, 0.05) is 17.0 Å². The Bertz CT molecular complexity index is 1120. The average molecular weight is 452 g/mol. The fraction of sp³-hybridized carbons (Fsp3) is 0.125. The normalized spacial score (nSPS) is 13.9. The molecule has 3 aromatic carbocycles. The minimum absolute atomic E-state index is 0.136. The van der Waals surface area contributed by atoms with Gasteiger partial charge in [-0.3, -0.25) is 19.3 Å². The molecule has 1 aliphatic rings. The number of carbonyl (C=O) groups is 3. The summed E-state index contributed by atoms with van der Waals surface area (Å²) in [4.78, 5) is 40.6. The van der Waals surface area contributed by atoms with Crippen LogP contribution in [0.2, 0.25) is 0 Å². The summed E-state index contributed by atoms with van der Waals surface area (Å²) >= 11 is 0.404. The minimum Gasteiger partial charge on any atom is -0.324 e. The van der Waals surface area contributed by atoms with Gasteiger partial charge in [0.15, 0.2) is 0 Å². The van der Waals surface area contributed by atoms with Crippen molar-refractivity contribution in [3.8, 4) is 0 Å². The zero-order valence-electron chi connectivity index (χ0n) is 16.7. The molecule has 0 spiro atoms. The molecular weight excluding hydrogens is 434 g/mol. The van der Waals surface area contributed by atoms with Crippen molar-refractivity contribution < 1.29 is 23.2 Å². The molecular formula is C24H18F2N2O3S. The van der Waals surface area contributed by atoms with E-state index in [9.17, 15) is 23.2 Å². The number of hydrogen-bond acceptors (Lipinski definition) is 4. The third-order valence-electron chi connectivity index (χ3n) is 5.06. The molecule has 3 aromatic rings. The van der Waals surface area contributed by atoms with Crippen LogP contribution in [-0.4, -0.2) is 34.4 Å². The van der Waals surface area contributed by atoms with Gasteiger partial charge in [0.25, 0.3) is 17.6 Å². The number of rotatable bonds is 7. The first-order chi connectivity index (χ1) is 15.4. The number of nitrogens with zero attached hydrogens (tertiary/aromatic N) is 1. The van der Waals surface area contributed by atoms with Crippen LogP contribution in [0.25, 0.3) is 0 Å². The van der Waals surface area contributed by atoms with Gasteiger partial charge in [0.1, 0.15) is 6.04 Å². The van der Waals surface area contributed by atoms with E-state index in [1.165, 1.54) is 24.3 Å². The topological polar surface area (TPSA) is 66.5 Å². The van der Waals surface area contributed by atoms with Gasteiger partial charge in [0.05, 0.1) is 11.1 Å². The molecule has 0 bridgehead atoms. The maximum absolute atomic E-state index is 13.2. The first-order valence-electron chi connectivity index (χ1n) is 9.80. The Balaban J connectivity index is 1.61. The van der Waals surface area contributed by atoms with Crippen molar-refractivity contribution >= 4 is 35.2 Å². The Hall–Kier alpha value is -3.52. The smallest absolute Gasteiger partial charge is 0.288 e. The summed E-state index contributed by atoms with van der Waals surface area (Å²) < 4.78 is 25.1. The van der Waals surface area contributed by atoms with E-state index in [0.717, 1.165) is 10.5 Å². The van der Waals surface area contributed by atoms with E-state index in [4.69, 9.17) is 0 Å². The molecule has 4 rings (SSSR count). The summed E-state index contributed by atoms with van der Waals surface area (Å²) in [6.07, 6.45) is 0.136. The van der Waals surface area contributed by atoms with E-state index in [0.29, 0.717) is 22.3 Å². The van der Waals surface area contributed by atoms with Crippen LogP contribution < -0.4 is 5.32 Å². The van der Waals surface area contributed by atoms with Gasteiger partial charge in [-0.25, -0.2) is 0 Å². The molecule has 0 saturated heterocycles. The summed E-state index contributed by atoms with van der Waals surface area (Å²) in [5, 5.41) is 2.71. The van der Waals surface area contributed by atoms with Crippen molar-refractivity contribution in [3.63, 3.8) is 0 Å². The molecule has 0 saturated carbocycles. The van der Waals surface area contributed by atoms with E-state index >= 15 is 0 Å². The standard InChI is InChI=1S/C24H18F2N2O3S/c25-24(26)32-17-12-10-16(11-13-17)27-21(29)20(14-15-6-2-1-3-7-15)28-22(30)18-8-4-5-9-19(18)23(28)31/h1-13,20,24H,14H2,(H,27,29). The van der Waals surface area contributed by atoms with Gasteiger partial charge in [-0.15, -0.1) is 0 Å². The minimum atomic E-state index is -2.54. The Morgan fingerprint density at radius 2 is 1.41 bits per heavy atom. The molecule has 1 N–H and O–H groups in total. The van der Waals surface area contributed by atoms with E-state index in [-0.39, 0.29) is 17.5 Å². The summed E-state index contributed by atoms with van der Waals surface area (Å²) in [6, 6.07) is 20.4. The predicted octanol–water partition coefficient (Wildman–Crippen LogP) is 4.85. The van der Waals surface area contributed by atoms with Crippen LogP contribution in [0.1, 0.15) is 26.3 Å². The first-order valence-corrected chi connectivity index (χ1v) is 10.7. The second kappa shape index (κ2) is 9.32. The van der Waals surface area contributed by atoms with Crippen molar-refractivity contribution in [2.45, 2.75) is 23.1 Å². The molecule has 1 atom stereocenters. The lowest BCUT2D eigenvalue weighted by atomic mass is 10.0. The van der Waals surface area contributed by atoms with Gasteiger partial charge in [-0.05, 0) is 42.0 Å². The zero-order valence-corrected chi connectivity index (χ0v) is 17.5. The van der Waals surface area contributed by atoms with Crippen LogP contribution in [0.15, 0.2) is 83.8 Å². The number of hydrogen-bond donors (Lipinski definition) is 1. The highest BCUT2D eigenvalue weighted by molar-refractivity contribution is 7.99. The van der Waals surface area contributed by atoms with Crippen molar-refractivity contribution in [1.29, 1.82) is 0 Å². The molecule has 8 heteroatoms. The lowest BCUT2D eigenvalue weighted by Crippen LogP contribution is -2.48. The third kappa shape index (κ3) is 4.55. The number of imide groups is 1. The van der Waals surface area contributed by atoms with E-state index < -0.39 is 29.5 Å². The van der Waals surface area contributed by atoms with Crippen molar-refractivity contribution in [2.24, 2.45) is 0 Å². The van der Waals surface area contributed by atoms with Gasteiger partial charge in [0.2, 0.25) is 5.91 Å². The highest BCUT2D eigenvalue weighted by Gasteiger charge is 2.42. The lowest BCUT2D eigenvalue weighted by Gasteiger charge is -2.25. The summed E-state index contributed by atoms with van der Waals surface area (Å²) in [5.74, 6) is -4.13. The van der Waals surface area contributed by atoms with Crippen LogP contribution in [0, 0.1) is 0 Å². The van der Waals surface area contributed by atoms with Gasteiger partial charge >= 0.3 is 0 Å². The second-order valence-corrected chi connectivity index (χ2v) is 8.19. The number of halogens is 2. The summed E-state index contributed by atoms with van der Waals surface area (Å²) in [5.41, 5.74) is 1.68. The van der Waals surface area contributed by atoms with E-state index in [1.54, 1.807) is 24.3 Å². The summed E-state index contributed by atoms with van der Waals surface area (Å²) in [7, 11) is 0. The molecule has 3 amide bonds. The number of nitrogens with one attached hydrogen (secondary N) is 1. The number of amides is 3.